The van der Waals surface area contributed by atoms with E-state index in [1.165, 1.54) is 33.3 Å². The van der Waals surface area contributed by atoms with Gasteiger partial charge in [0.2, 0.25) is 0 Å². The highest BCUT2D eigenvalue weighted by Gasteiger charge is 2.16. The molecule has 2 nitrogen and oxygen atoms in total. The van der Waals surface area contributed by atoms with E-state index in [1.807, 2.05) is 0 Å². The molecule has 2 heterocycles. The maximum absolute atomic E-state index is 5.53. The first kappa shape index (κ1) is 8.98. The molecule has 0 unspecified atom stereocenters. The van der Waals surface area contributed by atoms with E-state index >= 15 is 0 Å². The lowest BCUT2D eigenvalue weighted by atomic mass is 10.0. The standard InChI is InChI=1S/C13H15NO/c1-8-5-9(2)13-10-7-15-4-3-11(10)14-12(13)6-8/h5-6,14H,3-4,7H2,1-2H3. The summed E-state index contributed by atoms with van der Waals surface area (Å²) in [5.74, 6) is 0. The highest BCUT2D eigenvalue weighted by molar-refractivity contribution is 5.88. The zero-order valence-electron chi connectivity index (χ0n) is 9.18. The first-order valence-corrected chi connectivity index (χ1v) is 5.44. The summed E-state index contributed by atoms with van der Waals surface area (Å²) < 4.78 is 5.53. The molecule has 0 fully saturated rings. The minimum atomic E-state index is 0.763. The van der Waals surface area contributed by atoms with Crippen molar-refractivity contribution in [1.82, 2.24) is 4.98 Å². The second-order valence-corrected chi connectivity index (χ2v) is 4.39. The number of hydrogen-bond donors (Lipinski definition) is 1. The Morgan fingerprint density at radius 2 is 2.13 bits per heavy atom. The van der Waals surface area contributed by atoms with Crippen LogP contribution in [0.15, 0.2) is 12.1 Å². The molecule has 0 saturated heterocycles. The maximum atomic E-state index is 5.53. The van der Waals surface area contributed by atoms with Crippen LogP contribution in [0.1, 0.15) is 22.4 Å². The van der Waals surface area contributed by atoms with Gasteiger partial charge in [-0.2, -0.15) is 0 Å². The number of H-pyrrole nitrogens is 1. The van der Waals surface area contributed by atoms with Crippen LogP contribution in [0.5, 0.6) is 0 Å². The molecule has 2 aromatic rings. The number of ether oxygens (including phenoxy) is 1. The summed E-state index contributed by atoms with van der Waals surface area (Å²) in [5, 5.41) is 1.37. The highest BCUT2D eigenvalue weighted by atomic mass is 16.5. The normalized spacial score (nSPS) is 15.6. The number of aromatic nitrogens is 1. The number of aryl methyl sites for hydroxylation is 2. The third-order valence-corrected chi connectivity index (χ3v) is 3.17. The molecule has 1 aromatic carbocycles. The van der Waals surface area contributed by atoms with Crippen molar-refractivity contribution in [2.24, 2.45) is 0 Å². The minimum absolute atomic E-state index is 0.763. The molecule has 78 valence electrons. The van der Waals surface area contributed by atoms with Crippen molar-refractivity contribution < 1.29 is 4.74 Å². The van der Waals surface area contributed by atoms with Gasteiger partial charge in [0.15, 0.2) is 0 Å². The molecule has 0 radical (unpaired) electrons. The van der Waals surface area contributed by atoms with E-state index in [2.05, 4.69) is 31.0 Å². The Balaban J connectivity index is 2.37. The molecule has 1 aliphatic heterocycles. The van der Waals surface area contributed by atoms with Crippen molar-refractivity contribution in [2.75, 3.05) is 6.61 Å². The van der Waals surface area contributed by atoms with Gasteiger partial charge in [0, 0.05) is 28.6 Å². The third kappa shape index (κ3) is 1.29. The average Bonchev–Trinajstić information content (AvgIpc) is 2.54. The van der Waals surface area contributed by atoms with Gasteiger partial charge in [-0.3, -0.25) is 0 Å². The number of nitrogens with one attached hydrogen (secondary N) is 1. The predicted molar refractivity (Wildman–Crippen MR) is 61.1 cm³/mol. The van der Waals surface area contributed by atoms with E-state index in [-0.39, 0.29) is 0 Å². The summed E-state index contributed by atoms with van der Waals surface area (Å²) in [5.41, 5.74) is 6.68. The summed E-state index contributed by atoms with van der Waals surface area (Å²) in [6, 6.07) is 4.46. The number of aromatic amines is 1. The molecule has 0 amide bonds. The van der Waals surface area contributed by atoms with Gasteiger partial charge in [-0.1, -0.05) is 6.07 Å². The summed E-state index contributed by atoms with van der Waals surface area (Å²) in [4.78, 5) is 3.52. The van der Waals surface area contributed by atoms with Crippen molar-refractivity contribution >= 4 is 10.9 Å². The Bertz CT molecular complexity index is 525. The van der Waals surface area contributed by atoms with Crippen LogP contribution in [-0.4, -0.2) is 11.6 Å². The Kier molecular flexibility index (Phi) is 1.86. The number of hydrogen-bond acceptors (Lipinski definition) is 1. The lowest BCUT2D eigenvalue weighted by Gasteiger charge is -2.12. The second-order valence-electron chi connectivity index (χ2n) is 4.39. The van der Waals surface area contributed by atoms with Crippen LogP contribution in [0.4, 0.5) is 0 Å². The molecule has 3 rings (SSSR count). The van der Waals surface area contributed by atoms with Crippen molar-refractivity contribution in [3.63, 3.8) is 0 Å². The van der Waals surface area contributed by atoms with Crippen molar-refractivity contribution in [2.45, 2.75) is 26.9 Å². The van der Waals surface area contributed by atoms with Crippen molar-refractivity contribution in [1.29, 1.82) is 0 Å². The van der Waals surface area contributed by atoms with Gasteiger partial charge in [-0.25, -0.2) is 0 Å². The SMILES string of the molecule is Cc1cc(C)c2c3c([nH]c2c1)CCOC3. The molecule has 1 aromatic heterocycles. The van der Waals surface area contributed by atoms with Crippen LogP contribution in [0.3, 0.4) is 0 Å². The summed E-state index contributed by atoms with van der Waals surface area (Å²) in [6.07, 6.45) is 1.02. The Morgan fingerprint density at radius 1 is 1.27 bits per heavy atom. The minimum Gasteiger partial charge on any atom is -0.376 e. The quantitative estimate of drug-likeness (QED) is 0.696. The zero-order valence-corrected chi connectivity index (χ0v) is 9.18. The molecule has 1 aliphatic rings. The number of fused-ring (bicyclic) bond motifs is 3. The van der Waals surface area contributed by atoms with Crippen LogP contribution in [0.25, 0.3) is 10.9 Å². The first-order chi connectivity index (χ1) is 7.25. The van der Waals surface area contributed by atoms with E-state index in [4.69, 9.17) is 4.74 Å². The molecule has 0 atom stereocenters. The van der Waals surface area contributed by atoms with Gasteiger partial charge in [0.1, 0.15) is 0 Å². The largest absolute Gasteiger partial charge is 0.376 e. The van der Waals surface area contributed by atoms with Gasteiger partial charge in [0.05, 0.1) is 13.2 Å². The lowest BCUT2D eigenvalue weighted by Crippen LogP contribution is -2.08. The molecular formula is C13H15NO. The third-order valence-electron chi connectivity index (χ3n) is 3.17. The molecule has 2 heteroatoms. The van der Waals surface area contributed by atoms with Crippen molar-refractivity contribution in [3.05, 3.63) is 34.5 Å². The van der Waals surface area contributed by atoms with Gasteiger partial charge < -0.3 is 9.72 Å². The zero-order chi connectivity index (χ0) is 10.4. The lowest BCUT2D eigenvalue weighted by molar-refractivity contribution is 0.111. The Hall–Kier alpha value is -1.28. The molecule has 0 saturated carbocycles. The van der Waals surface area contributed by atoms with Crippen LogP contribution < -0.4 is 0 Å². The molecule has 15 heavy (non-hydrogen) atoms. The van der Waals surface area contributed by atoms with E-state index in [0.29, 0.717) is 0 Å². The van der Waals surface area contributed by atoms with E-state index < -0.39 is 0 Å². The molecule has 0 spiro atoms. The molecular weight excluding hydrogens is 186 g/mol. The van der Waals surface area contributed by atoms with Crippen LogP contribution in [-0.2, 0) is 17.8 Å². The monoisotopic (exact) mass is 201 g/mol. The number of benzene rings is 1. The molecule has 0 bridgehead atoms. The molecule has 1 N–H and O–H groups in total. The van der Waals surface area contributed by atoms with Gasteiger partial charge >= 0.3 is 0 Å². The van der Waals surface area contributed by atoms with Gasteiger partial charge in [-0.05, 0) is 31.0 Å². The fourth-order valence-corrected chi connectivity index (χ4v) is 2.58. The van der Waals surface area contributed by atoms with E-state index in [0.717, 1.165) is 19.6 Å². The van der Waals surface area contributed by atoms with E-state index in [1.54, 1.807) is 0 Å². The maximum Gasteiger partial charge on any atom is 0.0740 e. The summed E-state index contributed by atoms with van der Waals surface area (Å²) >= 11 is 0. The van der Waals surface area contributed by atoms with Gasteiger partial charge in [0.25, 0.3) is 0 Å². The fourth-order valence-electron chi connectivity index (χ4n) is 2.58. The number of rotatable bonds is 0. The summed E-state index contributed by atoms with van der Waals surface area (Å²) in [7, 11) is 0. The molecule has 0 aliphatic carbocycles. The summed E-state index contributed by atoms with van der Waals surface area (Å²) in [6.45, 7) is 5.93. The van der Waals surface area contributed by atoms with E-state index in [9.17, 15) is 0 Å². The Labute approximate surface area is 89.3 Å². The van der Waals surface area contributed by atoms with Crippen LogP contribution in [0, 0.1) is 13.8 Å². The second kappa shape index (κ2) is 3.11. The van der Waals surface area contributed by atoms with Crippen molar-refractivity contribution in [3.8, 4) is 0 Å². The smallest absolute Gasteiger partial charge is 0.0740 e. The van der Waals surface area contributed by atoms with Crippen LogP contribution >= 0.6 is 0 Å². The highest BCUT2D eigenvalue weighted by Crippen LogP contribution is 2.29. The predicted octanol–water partition coefficient (Wildman–Crippen LogP) is 2.86. The van der Waals surface area contributed by atoms with Crippen LogP contribution in [0.2, 0.25) is 0 Å². The first-order valence-electron chi connectivity index (χ1n) is 5.44. The Morgan fingerprint density at radius 3 is 3.00 bits per heavy atom. The fraction of sp³-hybridized carbons (Fsp3) is 0.385. The van der Waals surface area contributed by atoms with Gasteiger partial charge in [-0.15, -0.1) is 0 Å². The average molecular weight is 201 g/mol. The topological polar surface area (TPSA) is 25.0 Å².